The van der Waals surface area contributed by atoms with Crippen molar-refractivity contribution in [1.82, 2.24) is 9.13 Å². The summed E-state index contributed by atoms with van der Waals surface area (Å²) in [5.41, 5.74) is 0.106. The molecule has 5 rings (SSSR count). The summed E-state index contributed by atoms with van der Waals surface area (Å²) in [5.74, 6) is -0.913. The molecular weight excluding hydrogens is 409 g/mol. The monoisotopic (exact) mass is 422 g/mol. The number of pyridine rings is 1. The van der Waals surface area contributed by atoms with Gasteiger partial charge in [-0.05, 0) is 36.4 Å². The zero-order valence-corrected chi connectivity index (χ0v) is 15.8. The van der Waals surface area contributed by atoms with Gasteiger partial charge in [0.25, 0.3) is 5.91 Å². The Balaban J connectivity index is 1.67. The van der Waals surface area contributed by atoms with E-state index in [9.17, 15) is 27.6 Å². The summed E-state index contributed by atoms with van der Waals surface area (Å²) in [6.45, 7) is -0.243. The molecule has 0 fully saturated rings. The maximum absolute atomic E-state index is 13.0. The topological polar surface area (TPSA) is 61.1 Å². The second kappa shape index (κ2) is 6.53. The number of carbonyl (C=O) groups is 2. The fourth-order valence-corrected chi connectivity index (χ4v) is 3.98. The molecule has 0 saturated heterocycles. The number of para-hydroxylation sites is 1. The van der Waals surface area contributed by atoms with Gasteiger partial charge in [-0.25, -0.2) is 0 Å². The smallest absolute Gasteiger partial charge is 0.330 e. The van der Waals surface area contributed by atoms with Crippen molar-refractivity contribution in [3.05, 3.63) is 93.8 Å². The van der Waals surface area contributed by atoms with E-state index in [1.165, 1.54) is 4.57 Å². The zero-order chi connectivity index (χ0) is 21.9. The van der Waals surface area contributed by atoms with E-state index in [4.69, 9.17) is 0 Å². The molecule has 31 heavy (non-hydrogen) atoms. The summed E-state index contributed by atoms with van der Waals surface area (Å²) < 4.78 is 41.4. The van der Waals surface area contributed by atoms with Gasteiger partial charge in [0.2, 0.25) is 5.43 Å². The van der Waals surface area contributed by atoms with Crippen molar-refractivity contribution in [3.8, 4) is 11.4 Å². The van der Waals surface area contributed by atoms with Crippen LogP contribution in [0.25, 0.3) is 22.3 Å². The van der Waals surface area contributed by atoms with Gasteiger partial charge >= 0.3 is 6.18 Å². The van der Waals surface area contributed by atoms with E-state index >= 15 is 0 Å². The Kier molecular flexibility index (Phi) is 4.01. The molecule has 0 aliphatic carbocycles. The van der Waals surface area contributed by atoms with Crippen LogP contribution in [-0.2, 0) is 12.7 Å². The van der Waals surface area contributed by atoms with E-state index in [0.29, 0.717) is 22.3 Å². The zero-order valence-electron chi connectivity index (χ0n) is 15.8. The molecule has 8 heteroatoms. The summed E-state index contributed by atoms with van der Waals surface area (Å²) >= 11 is 0. The Bertz CT molecular complexity index is 1440. The number of carbonyl (C=O) groups excluding carboxylic acids is 2. The lowest BCUT2D eigenvalue weighted by atomic mass is 10.0. The Morgan fingerprint density at radius 3 is 2.32 bits per heavy atom. The molecule has 0 radical (unpaired) electrons. The number of hydrogen-bond acceptors (Lipinski definition) is 3. The predicted molar refractivity (Wildman–Crippen MR) is 107 cm³/mol. The molecule has 2 aromatic carbocycles. The fourth-order valence-electron chi connectivity index (χ4n) is 3.98. The van der Waals surface area contributed by atoms with Crippen LogP contribution in [-0.4, -0.2) is 20.8 Å². The molecule has 1 aliphatic heterocycles. The minimum absolute atomic E-state index is 0.0190. The van der Waals surface area contributed by atoms with E-state index in [-0.39, 0.29) is 17.7 Å². The lowest BCUT2D eigenvalue weighted by molar-refractivity contribution is -0.137. The second-order valence-corrected chi connectivity index (χ2v) is 7.22. The number of ketones is 1. The highest BCUT2D eigenvalue weighted by atomic mass is 19.4. The molecular formula is C23H13F3N2O3. The predicted octanol–water partition coefficient (Wildman–Crippen LogP) is 4.37. The van der Waals surface area contributed by atoms with Crippen LogP contribution < -0.4 is 5.43 Å². The molecule has 1 aliphatic rings. The van der Waals surface area contributed by atoms with E-state index in [1.54, 1.807) is 47.2 Å². The third kappa shape index (κ3) is 2.83. The molecule has 5 nitrogen and oxygen atoms in total. The van der Waals surface area contributed by atoms with Crippen molar-refractivity contribution >= 4 is 22.6 Å². The number of rotatable bonds is 3. The van der Waals surface area contributed by atoms with Crippen LogP contribution in [0.3, 0.4) is 0 Å². The number of halogens is 3. The first-order valence-electron chi connectivity index (χ1n) is 9.36. The molecule has 154 valence electrons. The molecule has 0 bridgehead atoms. The van der Waals surface area contributed by atoms with E-state index in [2.05, 4.69) is 0 Å². The van der Waals surface area contributed by atoms with Crippen molar-refractivity contribution < 1.29 is 22.8 Å². The van der Waals surface area contributed by atoms with Crippen LogP contribution in [0.2, 0.25) is 0 Å². The molecule has 0 unspecified atom stereocenters. The summed E-state index contributed by atoms with van der Waals surface area (Å²) in [7, 11) is 0. The largest absolute Gasteiger partial charge is 0.416 e. The quantitative estimate of drug-likeness (QED) is 0.406. The van der Waals surface area contributed by atoms with Gasteiger partial charge in [-0.15, -0.1) is 0 Å². The molecule has 3 heterocycles. The highest BCUT2D eigenvalue weighted by Crippen LogP contribution is 2.33. The van der Waals surface area contributed by atoms with E-state index < -0.39 is 28.9 Å². The number of hydrogen-bond donors (Lipinski definition) is 0. The van der Waals surface area contributed by atoms with Crippen molar-refractivity contribution in [3.63, 3.8) is 0 Å². The highest BCUT2D eigenvalue weighted by molar-refractivity contribution is 6.11. The maximum atomic E-state index is 13.0. The van der Waals surface area contributed by atoms with Crippen molar-refractivity contribution in [1.29, 1.82) is 0 Å². The summed E-state index contributed by atoms with van der Waals surface area (Å²) in [5, 5.41) is 0.292. The summed E-state index contributed by atoms with van der Waals surface area (Å²) in [4.78, 5) is 38.8. The van der Waals surface area contributed by atoms with Crippen LogP contribution in [0, 0.1) is 0 Å². The Morgan fingerprint density at radius 2 is 1.61 bits per heavy atom. The number of fused-ring (bicyclic) bond motifs is 4. The first kappa shape index (κ1) is 19.0. The SMILES string of the molecule is O=C(Cn1c2c(c(=O)c3ccccc31)C(=O)n1cccc1-2)c1ccc(C(F)(F)F)cc1. The average molecular weight is 422 g/mol. The molecule has 0 saturated carbocycles. The fraction of sp³-hybridized carbons (Fsp3) is 0.0870. The molecule has 0 amide bonds. The van der Waals surface area contributed by atoms with Crippen molar-refractivity contribution in [2.75, 3.05) is 0 Å². The van der Waals surface area contributed by atoms with Crippen LogP contribution in [0.5, 0.6) is 0 Å². The van der Waals surface area contributed by atoms with Gasteiger partial charge in [0.05, 0.1) is 29.0 Å². The van der Waals surface area contributed by atoms with Gasteiger partial charge in [0, 0.05) is 17.1 Å². The minimum Gasteiger partial charge on any atom is -0.330 e. The minimum atomic E-state index is -4.50. The van der Waals surface area contributed by atoms with Gasteiger partial charge in [0.1, 0.15) is 5.56 Å². The highest BCUT2D eigenvalue weighted by Gasteiger charge is 2.33. The Hall–Kier alpha value is -3.94. The molecule has 0 atom stereocenters. The van der Waals surface area contributed by atoms with Gasteiger partial charge in [-0.1, -0.05) is 24.3 Å². The van der Waals surface area contributed by atoms with Crippen molar-refractivity contribution in [2.24, 2.45) is 0 Å². The number of alkyl halides is 3. The third-order valence-electron chi connectivity index (χ3n) is 5.43. The Labute approximate surface area is 173 Å². The van der Waals surface area contributed by atoms with Crippen LogP contribution in [0.15, 0.2) is 71.7 Å². The lowest BCUT2D eigenvalue weighted by Crippen LogP contribution is -2.22. The second-order valence-electron chi connectivity index (χ2n) is 7.22. The number of aromatic nitrogens is 2. The van der Waals surface area contributed by atoms with E-state index in [1.807, 2.05) is 0 Å². The molecule has 4 aromatic rings. The standard InChI is InChI=1S/C23H13F3N2O3/c24-23(25,26)14-9-7-13(8-10-14)18(29)12-28-16-5-2-1-4-15(16)21(30)19-20(28)17-6-3-11-27(17)22(19)31/h1-11H,12H2. The normalized spacial score (nSPS) is 12.8. The van der Waals surface area contributed by atoms with Gasteiger partial charge in [-0.2, -0.15) is 13.2 Å². The van der Waals surface area contributed by atoms with Gasteiger partial charge in [-0.3, -0.25) is 19.0 Å². The first-order valence-corrected chi connectivity index (χ1v) is 9.36. The number of Topliss-reactive ketones (excluding diaryl/α,β-unsaturated/α-hetero) is 1. The lowest BCUT2D eigenvalue weighted by Gasteiger charge is -2.16. The Morgan fingerprint density at radius 1 is 0.903 bits per heavy atom. The number of nitrogens with zero attached hydrogens (tertiary/aromatic N) is 2. The maximum Gasteiger partial charge on any atom is 0.416 e. The molecule has 2 aromatic heterocycles. The molecule has 0 N–H and O–H groups in total. The molecule has 0 spiro atoms. The average Bonchev–Trinajstić information content (AvgIpc) is 3.33. The summed E-state index contributed by atoms with van der Waals surface area (Å²) in [6, 6.07) is 13.9. The van der Waals surface area contributed by atoms with Gasteiger partial charge in [0.15, 0.2) is 5.78 Å². The van der Waals surface area contributed by atoms with Crippen LogP contribution in [0.4, 0.5) is 13.2 Å². The van der Waals surface area contributed by atoms with Crippen molar-refractivity contribution in [2.45, 2.75) is 12.7 Å². The van der Waals surface area contributed by atoms with Gasteiger partial charge < -0.3 is 4.57 Å². The summed E-state index contributed by atoms with van der Waals surface area (Å²) in [6.07, 6.45) is -2.95. The third-order valence-corrected chi connectivity index (χ3v) is 5.43. The number of benzene rings is 2. The van der Waals surface area contributed by atoms with Crippen LogP contribution in [0.1, 0.15) is 26.3 Å². The van der Waals surface area contributed by atoms with E-state index in [0.717, 1.165) is 24.3 Å². The van der Waals surface area contributed by atoms with Crippen LogP contribution >= 0.6 is 0 Å². The first-order chi connectivity index (χ1) is 14.8.